The number of hydrogen-bond acceptors (Lipinski definition) is 4. The first-order chi connectivity index (χ1) is 8.69. The van der Waals surface area contributed by atoms with Gasteiger partial charge in [0.2, 0.25) is 0 Å². The number of ether oxygens (including phenoxy) is 1. The van der Waals surface area contributed by atoms with Crippen molar-refractivity contribution in [2.24, 2.45) is 0 Å². The second kappa shape index (κ2) is 5.44. The number of nitrogens with one attached hydrogen (secondary N) is 1. The average molecular weight is 246 g/mol. The largest absolute Gasteiger partial charge is 0.495 e. The van der Waals surface area contributed by atoms with Crippen LogP contribution in [0, 0.1) is 6.92 Å². The fraction of sp³-hybridized carbons (Fsp3) is 0.308. The molecular formula is C13H18N4O. The number of nitrogens with two attached hydrogens (primary N) is 1. The Morgan fingerprint density at radius 3 is 2.94 bits per heavy atom. The molecule has 0 aliphatic carbocycles. The van der Waals surface area contributed by atoms with Crippen LogP contribution in [0.15, 0.2) is 30.6 Å². The van der Waals surface area contributed by atoms with Crippen molar-refractivity contribution in [2.75, 3.05) is 24.7 Å². The van der Waals surface area contributed by atoms with E-state index in [0.717, 1.165) is 18.8 Å². The van der Waals surface area contributed by atoms with Gasteiger partial charge >= 0.3 is 0 Å². The van der Waals surface area contributed by atoms with Crippen LogP contribution in [0.3, 0.4) is 0 Å². The third-order valence-corrected chi connectivity index (χ3v) is 2.67. The van der Waals surface area contributed by atoms with Gasteiger partial charge in [0.1, 0.15) is 5.75 Å². The van der Waals surface area contributed by atoms with E-state index in [1.165, 1.54) is 5.56 Å². The minimum Gasteiger partial charge on any atom is -0.495 e. The van der Waals surface area contributed by atoms with Gasteiger partial charge < -0.3 is 15.8 Å². The van der Waals surface area contributed by atoms with E-state index in [2.05, 4.69) is 10.4 Å². The zero-order chi connectivity index (χ0) is 13.0. The molecule has 0 radical (unpaired) electrons. The first-order valence-electron chi connectivity index (χ1n) is 5.85. The molecule has 0 atom stereocenters. The zero-order valence-corrected chi connectivity index (χ0v) is 10.7. The van der Waals surface area contributed by atoms with Gasteiger partial charge in [-0.05, 0) is 24.6 Å². The van der Waals surface area contributed by atoms with E-state index in [1.807, 2.05) is 42.2 Å². The summed E-state index contributed by atoms with van der Waals surface area (Å²) in [6, 6.07) is 5.66. The molecular weight excluding hydrogens is 228 g/mol. The number of nitrogen functional groups attached to an aromatic ring is 1. The second-order valence-electron chi connectivity index (χ2n) is 4.16. The van der Waals surface area contributed by atoms with Crippen LogP contribution in [0.2, 0.25) is 0 Å². The molecule has 5 heteroatoms. The van der Waals surface area contributed by atoms with Crippen LogP contribution in [0.25, 0.3) is 0 Å². The summed E-state index contributed by atoms with van der Waals surface area (Å²) < 4.78 is 7.08. The molecule has 1 aromatic heterocycles. The molecule has 0 spiro atoms. The van der Waals surface area contributed by atoms with E-state index in [4.69, 9.17) is 10.5 Å². The van der Waals surface area contributed by atoms with Gasteiger partial charge in [-0.2, -0.15) is 5.10 Å². The van der Waals surface area contributed by atoms with Gasteiger partial charge in [0.05, 0.1) is 25.5 Å². The van der Waals surface area contributed by atoms with Crippen molar-refractivity contribution >= 4 is 11.4 Å². The van der Waals surface area contributed by atoms with Crippen LogP contribution in [-0.4, -0.2) is 23.4 Å². The van der Waals surface area contributed by atoms with E-state index in [-0.39, 0.29) is 0 Å². The van der Waals surface area contributed by atoms with Crippen LogP contribution in [0.4, 0.5) is 11.4 Å². The molecule has 0 fully saturated rings. The normalized spacial score (nSPS) is 10.3. The standard InChI is InChI=1S/C13H18N4O/c1-10-8-16-17(9-10)6-5-15-11-3-4-12(14)13(7-11)18-2/h3-4,7-9,15H,5-6,14H2,1-2H3. The molecule has 1 heterocycles. The Balaban J connectivity index is 1.90. The molecule has 0 aliphatic heterocycles. The number of benzene rings is 1. The fourth-order valence-electron chi connectivity index (χ4n) is 1.73. The average Bonchev–Trinajstić information content (AvgIpc) is 2.77. The topological polar surface area (TPSA) is 65.1 Å². The summed E-state index contributed by atoms with van der Waals surface area (Å²) in [6.45, 7) is 3.65. The minimum atomic E-state index is 0.644. The predicted octanol–water partition coefficient (Wildman–Crippen LogP) is 1.89. The molecule has 0 unspecified atom stereocenters. The van der Waals surface area contributed by atoms with Crippen LogP contribution in [0.1, 0.15) is 5.56 Å². The van der Waals surface area contributed by atoms with Crippen molar-refractivity contribution in [3.05, 3.63) is 36.2 Å². The van der Waals surface area contributed by atoms with Gasteiger partial charge in [0.15, 0.2) is 0 Å². The lowest BCUT2D eigenvalue weighted by Gasteiger charge is -2.09. The predicted molar refractivity (Wildman–Crippen MR) is 72.9 cm³/mol. The molecule has 2 aromatic rings. The summed E-state index contributed by atoms with van der Waals surface area (Å²) in [4.78, 5) is 0. The first-order valence-corrected chi connectivity index (χ1v) is 5.85. The van der Waals surface area contributed by atoms with E-state index < -0.39 is 0 Å². The van der Waals surface area contributed by atoms with Crippen molar-refractivity contribution in [3.8, 4) is 5.75 Å². The van der Waals surface area contributed by atoms with Crippen molar-refractivity contribution in [2.45, 2.75) is 13.5 Å². The van der Waals surface area contributed by atoms with Crippen LogP contribution in [0.5, 0.6) is 5.75 Å². The Bertz CT molecular complexity index is 521. The molecule has 3 N–H and O–H groups in total. The third kappa shape index (κ3) is 2.94. The van der Waals surface area contributed by atoms with E-state index in [9.17, 15) is 0 Å². The summed E-state index contributed by atoms with van der Waals surface area (Å²) in [6.07, 6.45) is 3.87. The monoisotopic (exact) mass is 246 g/mol. The van der Waals surface area contributed by atoms with Crippen molar-refractivity contribution < 1.29 is 4.74 Å². The molecule has 5 nitrogen and oxygen atoms in total. The van der Waals surface area contributed by atoms with Crippen molar-refractivity contribution in [1.29, 1.82) is 0 Å². The summed E-state index contributed by atoms with van der Waals surface area (Å²) in [5, 5.41) is 7.53. The maximum absolute atomic E-state index is 5.76. The molecule has 0 saturated heterocycles. The quantitative estimate of drug-likeness (QED) is 0.791. The highest BCUT2D eigenvalue weighted by Crippen LogP contribution is 2.24. The lowest BCUT2D eigenvalue weighted by Crippen LogP contribution is -2.10. The smallest absolute Gasteiger partial charge is 0.143 e. The number of hydrogen-bond donors (Lipinski definition) is 2. The van der Waals surface area contributed by atoms with Crippen LogP contribution >= 0.6 is 0 Å². The highest BCUT2D eigenvalue weighted by Gasteiger charge is 2.00. The Morgan fingerprint density at radius 1 is 1.44 bits per heavy atom. The third-order valence-electron chi connectivity index (χ3n) is 2.67. The minimum absolute atomic E-state index is 0.644. The molecule has 2 rings (SSSR count). The number of aryl methyl sites for hydroxylation is 1. The lowest BCUT2D eigenvalue weighted by atomic mass is 10.2. The van der Waals surface area contributed by atoms with Crippen LogP contribution in [-0.2, 0) is 6.54 Å². The molecule has 0 bridgehead atoms. The molecule has 0 amide bonds. The van der Waals surface area contributed by atoms with E-state index >= 15 is 0 Å². The van der Waals surface area contributed by atoms with Crippen molar-refractivity contribution in [1.82, 2.24) is 9.78 Å². The number of anilines is 2. The summed E-state index contributed by atoms with van der Waals surface area (Å²) in [7, 11) is 1.61. The maximum Gasteiger partial charge on any atom is 0.143 e. The van der Waals surface area contributed by atoms with E-state index in [1.54, 1.807) is 7.11 Å². The molecule has 0 aliphatic rings. The highest BCUT2D eigenvalue weighted by atomic mass is 16.5. The Hall–Kier alpha value is -2.17. The summed E-state index contributed by atoms with van der Waals surface area (Å²) >= 11 is 0. The second-order valence-corrected chi connectivity index (χ2v) is 4.16. The van der Waals surface area contributed by atoms with Gasteiger partial charge in [0.25, 0.3) is 0 Å². The SMILES string of the molecule is COc1cc(NCCn2cc(C)cn2)ccc1N. The highest BCUT2D eigenvalue weighted by molar-refractivity contribution is 5.61. The number of nitrogens with zero attached hydrogens (tertiary/aromatic N) is 2. The Labute approximate surface area is 107 Å². The lowest BCUT2D eigenvalue weighted by molar-refractivity contribution is 0.417. The van der Waals surface area contributed by atoms with Gasteiger partial charge in [-0.3, -0.25) is 4.68 Å². The summed E-state index contributed by atoms with van der Waals surface area (Å²) in [5.74, 6) is 0.690. The number of methoxy groups -OCH3 is 1. The number of aromatic nitrogens is 2. The van der Waals surface area contributed by atoms with Gasteiger partial charge in [-0.1, -0.05) is 0 Å². The molecule has 18 heavy (non-hydrogen) atoms. The Morgan fingerprint density at radius 2 is 2.28 bits per heavy atom. The zero-order valence-electron chi connectivity index (χ0n) is 10.7. The maximum atomic E-state index is 5.76. The molecule has 1 aromatic carbocycles. The molecule has 0 saturated carbocycles. The van der Waals surface area contributed by atoms with E-state index in [0.29, 0.717) is 11.4 Å². The first kappa shape index (κ1) is 12.3. The van der Waals surface area contributed by atoms with Crippen LogP contribution < -0.4 is 15.8 Å². The van der Waals surface area contributed by atoms with Gasteiger partial charge in [0, 0.05) is 24.5 Å². The molecule has 96 valence electrons. The number of rotatable bonds is 5. The van der Waals surface area contributed by atoms with Gasteiger partial charge in [-0.25, -0.2) is 0 Å². The summed E-state index contributed by atoms with van der Waals surface area (Å²) in [5.41, 5.74) is 8.56. The van der Waals surface area contributed by atoms with Gasteiger partial charge in [-0.15, -0.1) is 0 Å². The Kier molecular flexibility index (Phi) is 3.72. The van der Waals surface area contributed by atoms with Crippen molar-refractivity contribution in [3.63, 3.8) is 0 Å². The fourth-order valence-corrected chi connectivity index (χ4v) is 1.73.